The summed E-state index contributed by atoms with van der Waals surface area (Å²) < 4.78 is 0.540. The molecule has 0 fully saturated rings. The van der Waals surface area contributed by atoms with Gasteiger partial charge in [0.2, 0.25) is 0 Å². The summed E-state index contributed by atoms with van der Waals surface area (Å²) >= 11 is 4.31. The molecule has 0 bridgehead atoms. The van der Waals surface area contributed by atoms with Crippen LogP contribution in [0, 0.1) is 10.1 Å². The lowest BCUT2D eigenvalue weighted by Gasteiger charge is -1.99. The van der Waals surface area contributed by atoms with E-state index in [0.717, 1.165) is 4.88 Å². The molecule has 0 saturated carbocycles. The smallest absolute Gasteiger partial charge is 0.328 e. The van der Waals surface area contributed by atoms with Crippen LogP contribution in [0.3, 0.4) is 0 Å². The molecule has 0 radical (unpaired) electrons. The summed E-state index contributed by atoms with van der Waals surface area (Å²) in [5.41, 5.74) is 5.58. The first-order chi connectivity index (χ1) is 6.00. The van der Waals surface area contributed by atoms with Gasteiger partial charge in [-0.1, -0.05) is 11.3 Å². The Kier molecular flexibility index (Phi) is 3.40. The van der Waals surface area contributed by atoms with Gasteiger partial charge in [-0.3, -0.25) is 10.1 Å². The molecule has 0 aliphatic carbocycles. The SMILES string of the molecule is CC(N)Cc1cc(Br)c([N+](=O)[O-])s1. The number of halogens is 1. The first-order valence-electron chi connectivity index (χ1n) is 3.69. The van der Waals surface area contributed by atoms with Gasteiger partial charge in [0.05, 0.1) is 4.92 Å². The number of hydrogen-bond donors (Lipinski definition) is 1. The van der Waals surface area contributed by atoms with Crippen LogP contribution in [0.25, 0.3) is 0 Å². The predicted octanol–water partition coefficient (Wildman–Crippen LogP) is 2.31. The maximum atomic E-state index is 10.5. The Hall–Kier alpha value is -0.460. The van der Waals surface area contributed by atoms with Crippen LogP contribution < -0.4 is 5.73 Å². The van der Waals surface area contributed by atoms with Crippen molar-refractivity contribution < 1.29 is 4.92 Å². The maximum absolute atomic E-state index is 10.5. The summed E-state index contributed by atoms with van der Waals surface area (Å²) in [6.07, 6.45) is 0.678. The predicted molar refractivity (Wildman–Crippen MR) is 56.0 cm³/mol. The van der Waals surface area contributed by atoms with E-state index in [4.69, 9.17) is 5.73 Å². The van der Waals surface area contributed by atoms with Crippen LogP contribution in [0.2, 0.25) is 0 Å². The van der Waals surface area contributed by atoms with E-state index in [1.165, 1.54) is 11.3 Å². The van der Waals surface area contributed by atoms with Gasteiger partial charge in [0.15, 0.2) is 0 Å². The first kappa shape index (κ1) is 10.6. The van der Waals surface area contributed by atoms with E-state index >= 15 is 0 Å². The van der Waals surface area contributed by atoms with Gasteiger partial charge in [-0.2, -0.15) is 0 Å². The number of rotatable bonds is 3. The van der Waals surface area contributed by atoms with Crippen LogP contribution in [0.15, 0.2) is 10.5 Å². The molecule has 0 aromatic carbocycles. The molecule has 1 unspecified atom stereocenters. The van der Waals surface area contributed by atoms with Gasteiger partial charge < -0.3 is 5.73 Å². The van der Waals surface area contributed by atoms with Crippen molar-refractivity contribution in [3.05, 3.63) is 25.5 Å². The summed E-state index contributed by atoms with van der Waals surface area (Å²) in [5.74, 6) is 0. The second kappa shape index (κ2) is 4.17. The fourth-order valence-corrected chi connectivity index (χ4v) is 2.77. The molecule has 0 spiro atoms. The lowest BCUT2D eigenvalue weighted by Crippen LogP contribution is -2.16. The Morgan fingerprint density at radius 2 is 2.46 bits per heavy atom. The van der Waals surface area contributed by atoms with Crippen molar-refractivity contribution in [2.75, 3.05) is 0 Å². The highest BCUT2D eigenvalue weighted by Crippen LogP contribution is 2.34. The monoisotopic (exact) mass is 264 g/mol. The first-order valence-corrected chi connectivity index (χ1v) is 5.30. The zero-order valence-corrected chi connectivity index (χ0v) is 9.39. The van der Waals surface area contributed by atoms with Crippen LogP contribution in [0.5, 0.6) is 0 Å². The highest BCUT2D eigenvalue weighted by Gasteiger charge is 2.17. The van der Waals surface area contributed by atoms with Crippen LogP contribution in [-0.4, -0.2) is 11.0 Å². The molecule has 1 heterocycles. The van der Waals surface area contributed by atoms with E-state index in [-0.39, 0.29) is 16.0 Å². The normalized spacial score (nSPS) is 12.8. The standard InChI is InChI=1S/C7H9BrN2O2S/c1-4(9)2-5-3-6(8)7(13-5)10(11)12/h3-4H,2,9H2,1H3. The van der Waals surface area contributed by atoms with E-state index in [9.17, 15) is 10.1 Å². The third-order valence-electron chi connectivity index (χ3n) is 1.41. The van der Waals surface area contributed by atoms with Gasteiger partial charge in [0.1, 0.15) is 4.47 Å². The molecule has 0 aliphatic heterocycles. The van der Waals surface area contributed by atoms with E-state index in [0.29, 0.717) is 10.9 Å². The molecule has 1 atom stereocenters. The second-order valence-corrected chi connectivity index (χ2v) is 4.77. The van der Waals surface area contributed by atoms with Crippen molar-refractivity contribution in [1.29, 1.82) is 0 Å². The molecule has 72 valence electrons. The van der Waals surface area contributed by atoms with Gasteiger partial charge in [0, 0.05) is 10.9 Å². The van der Waals surface area contributed by atoms with Crippen molar-refractivity contribution in [2.24, 2.45) is 5.73 Å². The average Bonchev–Trinajstić information content (AvgIpc) is 2.29. The number of nitro groups is 1. The third kappa shape index (κ3) is 2.75. The molecule has 1 aromatic rings. The van der Waals surface area contributed by atoms with Crippen LogP contribution in [0.4, 0.5) is 5.00 Å². The van der Waals surface area contributed by atoms with Gasteiger partial charge in [-0.15, -0.1) is 0 Å². The van der Waals surface area contributed by atoms with Crippen molar-refractivity contribution in [3.8, 4) is 0 Å². The minimum Gasteiger partial charge on any atom is -0.328 e. The summed E-state index contributed by atoms with van der Waals surface area (Å²) in [4.78, 5) is 11.0. The Balaban J connectivity index is 2.89. The highest BCUT2D eigenvalue weighted by atomic mass is 79.9. The van der Waals surface area contributed by atoms with Gasteiger partial charge in [-0.05, 0) is 35.3 Å². The van der Waals surface area contributed by atoms with Crippen LogP contribution >= 0.6 is 27.3 Å². The van der Waals surface area contributed by atoms with Gasteiger partial charge in [0.25, 0.3) is 0 Å². The van der Waals surface area contributed by atoms with Crippen molar-refractivity contribution in [3.63, 3.8) is 0 Å². The van der Waals surface area contributed by atoms with Crippen LogP contribution in [-0.2, 0) is 6.42 Å². The summed E-state index contributed by atoms with van der Waals surface area (Å²) in [6, 6.07) is 1.79. The highest BCUT2D eigenvalue weighted by molar-refractivity contribution is 9.10. The minimum atomic E-state index is -0.389. The average molecular weight is 265 g/mol. The Labute approximate surface area is 88.0 Å². The van der Waals surface area contributed by atoms with E-state index in [1.54, 1.807) is 6.07 Å². The molecule has 1 aromatic heterocycles. The zero-order chi connectivity index (χ0) is 10.0. The summed E-state index contributed by atoms with van der Waals surface area (Å²) in [7, 11) is 0. The molecule has 4 nitrogen and oxygen atoms in total. The Morgan fingerprint density at radius 3 is 2.85 bits per heavy atom. The molecule has 0 saturated heterocycles. The van der Waals surface area contributed by atoms with Crippen LogP contribution in [0.1, 0.15) is 11.8 Å². The lowest BCUT2D eigenvalue weighted by molar-refractivity contribution is -0.380. The number of nitrogens with zero attached hydrogens (tertiary/aromatic N) is 1. The molecule has 2 N–H and O–H groups in total. The zero-order valence-electron chi connectivity index (χ0n) is 6.99. The van der Waals surface area contributed by atoms with E-state index in [2.05, 4.69) is 15.9 Å². The Bertz CT molecular complexity index is 324. The topological polar surface area (TPSA) is 69.2 Å². The van der Waals surface area contributed by atoms with E-state index < -0.39 is 0 Å². The lowest BCUT2D eigenvalue weighted by atomic mass is 10.2. The van der Waals surface area contributed by atoms with Crippen molar-refractivity contribution in [2.45, 2.75) is 19.4 Å². The number of nitrogens with two attached hydrogens (primary N) is 1. The fourth-order valence-electron chi connectivity index (χ4n) is 0.948. The maximum Gasteiger partial charge on any atom is 0.338 e. The molecule has 0 amide bonds. The quantitative estimate of drug-likeness (QED) is 0.673. The van der Waals surface area contributed by atoms with Gasteiger partial charge >= 0.3 is 5.00 Å². The van der Waals surface area contributed by atoms with Crippen molar-refractivity contribution in [1.82, 2.24) is 0 Å². The van der Waals surface area contributed by atoms with E-state index in [1.807, 2.05) is 6.92 Å². The molecular formula is C7H9BrN2O2S. The number of thiophene rings is 1. The number of hydrogen-bond acceptors (Lipinski definition) is 4. The largest absolute Gasteiger partial charge is 0.338 e. The van der Waals surface area contributed by atoms with Crippen molar-refractivity contribution >= 4 is 32.3 Å². The molecule has 1 rings (SSSR count). The third-order valence-corrected chi connectivity index (χ3v) is 3.38. The summed E-state index contributed by atoms with van der Waals surface area (Å²) in [6.45, 7) is 1.87. The molecule has 6 heteroatoms. The summed E-state index contributed by atoms with van der Waals surface area (Å²) in [5, 5.41) is 10.6. The second-order valence-electron chi connectivity index (χ2n) is 2.80. The minimum absolute atomic E-state index is 0.0326. The Morgan fingerprint density at radius 1 is 1.85 bits per heavy atom. The fraction of sp³-hybridized carbons (Fsp3) is 0.429. The van der Waals surface area contributed by atoms with Gasteiger partial charge in [-0.25, -0.2) is 0 Å². The molecule has 0 aliphatic rings. The molecular weight excluding hydrogens is 256 g/mol. The molecule has 13 heavy (non-hydrogen) atoms.